The van der Waals surface area contributed by atoms with Crippen molar-refractivity contribution in [3.05, 3.63) is 53.9 Å². The highest BCUT2D eigenvalue weighted by atomic mass is 16.5. The van der Waals surface area contributed by atoms with Crippen molar-refractivity contribution in [1.82, 2.24) is 15.0 Å². The molecule has 9 heteroatoms. The molecule has 1 aromatic carbocycles. The lowest BCUT2D eigenvalue weighted by Crippen LogP contribution is -2.37. The smallest absolute Gasteiger partial charge is 0.246 e. The van der Waals surface area contributed by atoms with Crippen molar-refractivity contribution < 1.29 is 19.4 Å². The maximum absolute atomic E-state index is 13.0. The summed E-state index contributed by atoms with van der Waals surface area (Å²) < 4.78 is 10.7. The number of rotatable bonds is 9. The molecule has 0 atom stereocenters. The number of aromatic nitrogens is 3. The Labute approximate surface area is 199 Å². The van der Waals surface area contributed by atoms with Crippen LogP contribution in [0, 0.1) is 0 Å². The van der Waals surface area contributed by atoms with Gasteiger partial charge in [0.2, 0.25) is 5.91 Å². The quantitative estimate of drug-likeness (QED) is 0.517. The van der Waals surface area contributed by atoms with Crippen LogP contribution in [0.2, 0.25) is 0 Å². The first-order valence-corrected chi connectivity index (χ1v) is 11.2. The van der Waals surface area contributed by atoms with E-state index in [9.17, 15) is 4.79 Å². The lowest BCUT2D eigenvalue weighted by atomic mass is 10.2. The molecular weight excluding hydrogens is 434 g/mol. The summed E-state index contributed by atoms with van der Waals surface area (Å²) in [4.78, 5) is 30.5. The van der Waals surface area contributed by atoms with Gasteiger partial charge in [-0.05, 0) is 49.6 Å². The molecule has 4 rings (SSSR count). The number of amides is 1. The molecule has 3 aromatic rings. The third kappa shape index (κ3) is 5.09. The molecule has 0 bridgehead atoms. The molecule has 1 aliphatic rings. The second-order valence-electron chi connectivity index (χ2n) is 8.11. The SMILES string of the molecule is COc1ccc(N(C)C(=O)CN(C)c2nc(-c3cc(OCCO)ccn3)nc3c2CCC3)cc1. The lowest BCUT2D eigenvalue weighted by molar-refractivity contribution is -0.117. The number of hydrogen-bond acceptors (Lipinski definition) is 8. The van der Waals surface area contributed by atoms with E-state index in [-0.39, 0.29) is 25.7 Å². The minimum atomic E-state index is -0.0685. The first-order valence-electron chi connectivity index (χ1n) is 11.2. The fraction of sp³-hybridized carbons (Fsp3) is 0.360. The zero-order valence-electron chi connectivity index (χ0n) is 19.7. The second-order valence-corrected chi connectivity index (χ2v) is 8.11. The van der Waals surface area contributed by atoms with Crippen LogP contribution in [-0.4, -0.2) is 66.9 Å². The molecule has 0 unspecified atom stereocenters. The molecule has 0 radical (unpaired) electrons. The van der Waals surface area contributed by atoms with Crippen molar-refractivity contribution in [1.29, 1.82) is 0 Å². The maximum Gasteiger partial charge on any atom is 0.246 e. The number of benzene rings is 1. The van der Waals surface area contributed by atoms with Gasteiger partial charge in [-0.2, -0.15) is 0 Å². The number of likely N-dealkylation sites (N-methyl/N-ethyl adjacent to an activating group) is 2. The number of fused-ring (bicyclic) bond motifs is 1. The third-order valence-electron chi connectivity index (χ3n) is 5.80. The number of aliphatic hydroxyl groups is 1. The van der Waals surface area contributed by atoms with Crippen LogP contribution < -0.4 is 19.3 Å². The van der Waals surface area contributed by atoms with Crippen molar-refractivity contribution in [2.75, 3.05) is 50.8 Å². The molecule has 34 heavy (non-hydrogen) atoms. The fourth-order valence-electron chi connectivity index (χ4n) is 3.96. The third-order valence-corrected chi connectivity index (χ3v) is 5.80. The van der Waals surface area contributed by atoms with Crippen molar-refractivity contribution in [3.8, 4) is 23.0 Å². The average Bonchev–Trinajstić information content (AvgIpc) is 3.35. The Morgan fingerprint density at radius 2 is 1.88 bits per heavy atom. The van der Waals surface area contributed by atoms with E-state index in [0.717, 1.165) is 47.8 Å². The van der Waals surface area contributed by atoms with E-state index in [1.54, 1.807) is 37.4 Å². The summed E-state index contributed by atoms with van der Waals surface area (Å²) in [5.41, 5.74) is 3.45. The van der Waals surface area contributed by atoms with E-state index in [0.29, 0.717) is 17.3 Å². The molecule has 0 spiro atoms. The van der Waals surface area contributed by atoms with Crippen molar-refractivity contribution in [3.63, 3.8) is 0 Å². The number of nitrogens with zero attached hydrogens (tertiary/aromatic N) is 5. The van der Waals surface area contributed by atoms with E-state index < -0.39 is 0 Å². The molecule has 0 aliphatic heterocycles. The average molecular weight is 464 g/mol. The number of anilines is 2. The van der Waals surface area contributed by atoms with Gasteiger partial charge in [0.1, 0.15) is 29.6 Å². The molecule has 1 amide bonds. The molecule has 1 aliphatic carbocycles. The van der Waals surface area contributed by atoms with Gasteiger partial charge in [-0.1, -0.05) is 0 Å². The summed E-state index contributed by atoms with van der Waals surface area (Å²) >= 11 is 0. The van der Waals surface area contributed by atoms with Crippen LogP contribution in [0.3, 0.4) is 0 Å². The molecular formula is C25H29N5O4. The van der Waals surface area contributed by atoms with Crippen LogP contribution in [0.4, 0.5) is 11.5 Å². The monoisotopic (exact) mass is 463 g/mol. The minimum Gasteiger partial charge on any atom is -0.497 e. The number of pyridine rings is 1. The second kappa shape index (κ2) is 10.5. The van der Waals surface area contributed by atoms with Gasteiger partial charge in [0, 0.05) is 43.3 Å². The Balaban J connectivity index is 1.57. The van der Waals surface area contributed by atoms with Crippen LogP contribution in [0.15, 0.2) is 42.6 Å². The summed E-state index contributed by atoms with van der Waals surface area (Å²) in [6, 6.07) is 10.9. The van der Waals surface area contributed by atoms with Crippen LogP contribution in [0.25, 0.3) is 11.5 Å². The van der Waals surface area contributed by atoms with Crippen molar-refractivity contribution >= 4 is 17.4 Å². The van der Waals surface area contributed by atoms with Gasteiger partial charge in [-0.3, -0.25) is 9.78 Å². The topological polar surface area (TPSA) is 101 Å². The van der Waals surface area contributed by atoms with Crippen molar-refractivity contribution in [2.45, 2.75) is 19.3 Å². The van der Waals surface area contributed by atoms with Crippen LogP contribution in [0.1, 0.15) is 17.7 Å². The lowest BCUT2D eigenvalue weighted by Gasteiger charge is -2.24. The first-order chi connectivity index (χ1) is 16.5. The van der Waals surface area contributed by atoms with Gasteiger partial charge in [-0.15, -0.1) is 0 Å². The minimum absolute atomic E-state index is 0.0582. The van der Waals surface area contributed by atoms with Crippen LogP contribution in [-0.2, 0) is 17.6 Å². The predicted molar refractivity (Wildman–Crippen MR) is 130 cm³/mol. The van der Waals surface area contributed by atoms with E-state index in [4.69, 9.17) is 24.5 Å². The predicted octanol–water partition coefficient (Wildman–Crippen LogP) is 2.51. The highest BCUT2D eigenvalue weighted by Crippen LogP contribution is 2.31. The summed E-state index contributed by atoms with van der Waals surface area (Å²) in [6.45, 7) is 0.297. The first kappa shape index (κ1) is 23.4. The number of aryl methyl sites for hydroxylation is 1. The molecule has 2 aromatic heterocycles. The summed E-state index contributed by atoms with van der Waals surface area (Å²) in [5.74, 6) is 2.52. The van der Waals surface area contributed by atoms with Gasteiger partial charge in [0.25, 0.3) is 0 Å². The Morgan fingerprint density at radius 3 is 2.62 bits per heavy atom. The Hall–Kier alpha value is -3.72. The molecule has 0 fully saturated rings. The van der Waals surface area contributed by atoms with Gasteiger partial charge in [0.15, 0.2) is 5.82 Å². The number of methoxy groups -OCH3 is 1. The van der Waals surface area contributed by atoms with Gasteiger partial charge >= 0.3 is 0 Å². The molecule has 9 nitrogen and oxygen atoms in total. The zero-order valence-corrected chi connectivity index (χ0v) is 19.7. The number of carbonyl (C=O) groups excluding carboxylic acids is 1. The number of hydrogen-bond donors (Lipinski definition) is 1. The van der Waals surface area contributed by atoms with E-state index in [2.05, 4.69) is 4.98 Å². The van der Waals surface area contributed by atoms with Crippen LogP contribution >= 0.6 is 0 Å². The Kier molecular flexibility index (Phi) is 7.22. The zero-order chi connectivity index (χ0) is 24.1. The summed E-state index contributed by atoms with van der Waals surface area (Å²) in [7, 11) is 5.25. The molecule has 178 valence electrons. The fourth-order valence-corrected chi connectivity index (χ4v) is 3.96. The van der Waals surface area contributed by atoms with Gasteiger partial charge < -0.3 is 24.4 Å². The normalized spacial score (nSPS) is 12.2. The van der Waals surface area contributed by atoms with Gasteiger partial charge in [0.05, 0.1) is 20.3 Å². The van der Waals surface area contributed by atoms with E-state index >= 15 is 0 Å². The van der Waals surface area contributed by atoms with Gasteiger partial charge in [-0.25, -0.2) is 9.97 Å². The molecule has 2 heterocycles. The molecule has 0 saturated heterocycles. The molecule has 1 N–H and O–H groups in total. The van der Waals surface area contributed by atoms with E-state index in [1.165, 1.54) is 0 Å². The Morgan fingerprint density at radius 1 is 1.09 bits per heavy atom. The highest BCUT2D eigenvalue weighted by Gasteiger charge is 2.24. The standard InChI is InChI=1S/C25H29N5O4/c1-29(16-23(32)30(2)17-7-9-18(33-3)10-8-17)25-20-5-4-6-21(20)27-24(28-25)22-15-19(11-12-26-22)34-14-13-31/h7-12,15,31H,4-6,13-14,16H2,1-3H3. The number of aliphatic hydroxyl groups excluding tert-OH is 1. The van der Waals surface area contributed by atoms with E-state index in [1.807, 2.05) is 36.2 Å². The van der Waals surface area contributed by atoms with Crippen LogP contribution in [0.5, 0.6) is 11.5 Å². The van der Waals surface area contributed by atoms with Crippen molar-refractivity contribution in [2.24, 2.45) is 0 Å². The Bertz CT molecular complexity index is 1150. The highest BCUT2D eigenvalue weighted by molar-refractivity contribution is 5.96. The molecule has 0 saturated carbocycles. The summed E-state index contributed by atoms with van der Waals surface area (Å²) in [5, 5.41) is 9.02. The number of carbonyl (C=O) groups is 1. The number of ether oxygens (including phenoxy) is 2. The summed E-state index contributed by atoms with van der Waals surface area (Å²) in [6.07, 6.45) is 4.38. The largest absolute Gasteiger partial charge is 0.497 e. The maximum atomic E-state index is 13.0.